The van der Waals surface area contributed by atoms with Gasteiger partial charge in [-0.2, -0.15) is 0 Å². The topological polar surface area (TPSA) is 12.0 Å². The fourth-order valence-electron chi connectivity index (χ4n) is 2.59. The molecule has 0 heterocycles. The van der Waals surface area contributed by atoms with Crippen LogP contribution in [0.3, 0.4) is 0 Å². The molecule has 1 saturated carbocycles. The molecule has 1 fully saturated rings. The molecule has 0 spiro atoms. The molecule has 0 aromatic heterocycles. The molecule has 1 nitrogen and oxygen atoms in total. The summed E-state index contributed by atoms with van der Waals surface area (Å²) in [5.41, 5.74) is 1.48. The molecule has 0 radical (unpaired) electrons. The van der Waals surface area contributed by atoms with Gasteiger partial charge < -0.3 is 5.32 Å². The van der Waals surface area contributed by atoms with Gasteiger partial charge in [0, 0.05) is 22.0 Å². The highest BCUT2D eigenvalue weighted by molar-refractivity contribution is 6.35. The Bertz CT molecular complexity index is 405. The van der Waals surface area contributed by atoms with Gasteiger partial charge in [-0.25, -0.2) is 0 Å². The van der Waals surface area contributed by atoms with Crippen LogP contribution in [0.5, 0.6) is 0 Å². The van der Waals surface area contributed by atoms with Crippen molar-refractivity contribution in [1.29, 1.82) is 0 Å². The molecule has 2 atom stereocenters. The first kappa shape index (κ1) is 13.2. The second kappa shape index (κ2) is 5.17. The summed E-state index contributed by atoms with van der Waals surface area (Å²) in [5.74, 6) is 0.700. The molecule has 3 heteroatoms. The van der Waals surface area contributed by atoms with Gasteiger partial charge in [-0.3, -0.25) is 0 Å². The van der Waals surface area contributed by atoms with E-state index in [1.165, 1.54) is 18.4 Å². The van der Waals surface area contributed by atoms with E-state index < -0.39 is 0 Å². The van der Waals surface area contributed by atoms with E-state index in [2.05, 4.69) is 25.2 Å². The Balaban J connectivity index is 2.18. The molecule has 0 saturated heterocycles. The van der Waals surface area contributed by atoms with Crippen LogP contribution in [0.15, 0.2) is 18.2 Å². The molecule has 1 aromatic rings. The van der Waals surface area contributed by atoms with Gasteiger partial charge in [0.05, 0.1) is 0 Å². The molecule has 0 amide bonds. The van der Waals surface area contributed by atoms with Crippen LogP contribution in [0.25, 0.3) is 0 Å². The van der Waals surface area contributed by atoms with E-state index in [4.69, 9.17) is 23.2 Å². The molecule has 1 aliphatic carbocycles. The summed E-state index contributed by atoms with van der Waals surface area (Å²) in [6.07, 6.45) is 2.38. The Kier molecular flexibility index (Phi) is 4.02. The average molecular weight is 272 g/mol. The zero-order chi connectivity index (χ0) is 12.5. The van der Waals surface area contributed by atoms with Gasteiger partial charge in [0.25, 0.3) is 0 Å². The number of rotatable bonds is 5. The minimum absolute atomic E-state index is 0.233. The van der Waals surface area contributed by atoms with Gasteiger partial charge in [-0.15, -0.1) is 0 Å². The van der Waals surface area contributed by atoms with Crippen molar-refractivity contribution in [1.82, 2.24) is 5.32 Å². The number of nitrogens with one attached hydrogen (secondary N) is 1. The van der Waals surface area contributed by atoms with Crippen molar-refractivity contribution in [2.75, 3.05) is 13.1 Å². The van der Waals surface area contributed by atoms with Crippen LogP contribution < -0.4 is 5.32 Å². The third-order valence-electron chi connectivity index (χ3n) is 3.79. The third-order valence-corrected chi connectivity index (χ3v) is 4.34. The maximum Gasteiger partial charge on any atom is 0.0459 e. The summed E-state index contributed by atoms with van der Waals surface area (Å²) in [4.78, 5) is 0. The van der Waals surface area contributed by atoms with Gasteiger partial charge in [0.15, 0.2) is 0 Å². The molecule has 0 aliphatic heterocycles. The minimum Gasteiger partial charge on any atom is -0.316 e. The smallest absolute Gasteiger partial charge is 0.0459 e. The maximum atomic E-state index is 6.32. The lowest BCUT2D eigenvalue weighted by Crippen LogP contribution is -2.29. The van der Waals surface area contributed by atoms with Crippen molar-refractivity contribution in [3.63, 3.8) is 0 Å². The van der Waals surface area contributed by atoms with Crippen LogP contribution in [0.4, 0.5) is 0 Å². The first-order valence-electron chi connectivity index (χ1n) is 6.26. The van der Waals surface area contributed by atoms with Crippen molar-refractivity contribution < 1.29 is 0 Å². The quantitative estimate of drug-likeness (QED) is 0.789. The largest absolute Gasteiger partial charge is 0.316 e. The van der Waals surface area contributed by atoms with E-state index in [0.29, 0.717) is 10.9 Å². The fourth-order valence-corrected chi connectivity index (χ4v) is 3.18. The highest BCUT2D eigenvalue weighted by Crippen LogP contribution is 2.55. The van der Waals surface area contributed by atoms with Gasteiger partial charge >= 0.3 is 0 Å². The van der Waals surface area contributed by atoms with Crippen LogP contribution in [0.2, 0.25) is 10.0 Å². The molecule has 94 valence electrons. The van der Waals surface area contributed by atoms with Crippen LogP contribution in [-0.4, -0.2) is 13.1 Å². The number of hydrogen-bond acceptors (Lipinski definition) is 1. The lowest BCUT2D eigenvalue weighted by Gasteiger charge is -2.19. The van der Waals surface area contributed by atoms with E-state index in [-0.39, 0.29) is 5.41 Å². The normalized spacial score (nSPS) is 27.2. The van der Waals surface area contributed by atoms with Crippen molar-refractivity contribution >= 4 is 23.2 Å². The molecular formula is C14H19Cl2N. The Morgan fingerprint density at radius 1 is 1.41 bits per heavy atom. The fraction of sp³-hybridized carbons (Fsp3) is 0.571. The van der Waals surface area contributed by atoms with E-state index in [0.717, 1.165) is 18.1 Å². The van der Waals surface area contributed by atoms with E-state index in [1.807, 2.05) is 12.1 Å². The summed E-state index contributed by atoms with van der Waals surface area (Å²) in [6.45, 7) is 6.56. The Morgan fingerprint density at radius 3 is 2.65 bits per heavy atom. The van der Waals surface area contributed by atoms with Gasteiger partial charge in [-0.05, 0) is 43.0 Å². The summed E-state index contributed by atoms with van der Waals surface area (Å²) in [6, 6.07) is 5.88. The lowest BCUT2D eigenvalue weighted by atomic mass is 9.93. The van der Waals surface area contributed by atoms with Crippen molar-refractivity contribution in [3.05, 3.63) is 33.8 Å². The van der Waals surface area contributed by atoms with Crippen LogP contribution in [0.1, 0.15) is 32.3 Å². The van der Waals surface area contributed by atoms with Crippen LogP contribution >= 0.6 is 23.2 Å². The third kappa shape index (κ3) is 2.62. The standard InChI is InChI=1S/C14H19Cl2N/c1-3-6-17-9-14(8-10(14)2)12-5-4-11(15)7-13(12)16/h4-5,7,10,17H,3,6,8-9H2,1-2H3. The van der Waals surface area contributed by atoms with Crippen LogP contribution in [-0.2, 0) is 5.41 Å². The minimum atomic E-state index is 0.233. The molecular weight excluding hydrogens is 253 g/mol. The number of halogens is 2. The Hall–Kier alpha value is -0.240. The number of benzene rings is 1. The Labute approximate surface area is 114 Å². The number of hydrogen-bond donors (Lipinski definition) is 1. The molecule has 1 aliphatic rings. The van der Waals surface area contributed by atoms with Gasteiger partial charge in [0.2, 0.25) is 0 Å². The van der Waals surface area contributed by atoms with Crippen molar-refractivity contribution in [3.8, 4) is 0 Å². The maximum absolute atomic E-state index is 6.32. The van der Waals surface area contributed by atoms with Gasteiger partial charge in [0.1, 0.15) is 0 Å². The molecule has 0 bridgehead atoms. The highest BCUT2D eigenvalue weighted by Gasteiger charge is 2.52. The summed E-state index contributed by atoms with van der Waals surface area (Å²) in [7, 11) is 0. The predicted molar refractivity (Wildman–Crippen MR) is 75.1 cm³/mol. The van der Waals surface area contributed by atoms with E-state index in [9.17, 15) is 0 Å². The van der Waals surface area contributed by atoms with Crippen LogP contribution in [0, 0.1) is 5.92 Å². The molecule has 1 N–H and O–H groups in total. The Morgan fingerprint density at radius 2 is 2.12 bits per heavy atom. The first-order valence-corrected chi connectivity index (χ1v) is 7.02. The molecule has 1 aromatic carbocycles. The predicted octanol–water partition coefficient (Wildman–Crippen LogP) is 4.27. The zero-order valence-electron chi connectivity index (χ0n) is 10.4. The lowest BCUT2D eigenvalue weighted by molar-refractivity contribution is 0.541. The average Bonchev–Trinajstić information content (AvgIpc) is 2.90. The molecule has 17 heavy (non-hydrogen) atoms. The van der Waals surface area contributed by atoms with E-state index >= 15 is 0 Å². The summed E-state index contributed by atoms with van der Waals surface area (Å²) in [5, 5.41) is 5.03. The molecule has 2 rings (SSSR count). The second-order valence-electron chi connectivity index (χ2n) is 5.06. The van der Waals surface area contributed by atoms with Gasteiger partial charge in [-0.1, -0.05) is 43.1 Å². The van der Waals surface area contributed by atoms with E-state index in [1.54, 1.807) is 0 Å². The van der Waals surface area contributed by atoms with Crippen molar-refractivity contribution in [2.24, 2.45) is 5.92 Å². The summed E-state index contributed by atoms with van der Waals surface area (Å²) < 4.78 is 0. The second-order valence-corrected chi connectivity index (χ2v) is 5.91. The highest BCUT2D eigenvalue weighted by atomic mass is 35.5. The summed E-state index contributed by atoms with van der Waals surface area (Å²) >= 11 is 12.3. The monoisotopic (exact) mass is 271 g/mol. The molecule has 2 unspecified atom stereocenters. The first-order chi connectivity index (χ1) is 8.10. The van der Waals surface area contributed by atoms with Crippen molar-refractivity contribution in [2.45, 2.75) is 32.1 Å². The SMILES string of the molecule is CCCNCC1(c2ccc(Cl)cc2Cl)CC1C. The zero-order valence-corrected chi connectivity index (χ0v) is 11.9.